The molecule has 4 aliphatic rings. The number of carbonyl (C=O) groups excluding carboxylic acids is 2. The number of ether oxygens (including phenoxy) is 1. The zero-order chi connectivity index (χ0) is 18.5. The molecule has 6 atom stereocenters. The standard InChI is InChI=1S/C22H32O4/c1-3-20(25)26-15-8-11-22(13-23)14(12-15)4-5-16-17-6-7-19(24)21(17,2)10-9-18(16)22/h4,15-18,23H,3,5-13H2,1-2H3/t15-,16-,17-,18-,21-,22+/m0/s1. The van der Waals surface area contributed by atoms with Gasteiger partial charge in [-0.15, -0.1) is 0 Å². The Balaban J connectivity index is 1.60. The van der Waals surface area contributed by atoms with Gasteiger partial charge in [0.1, 0.15) is 11.9 Å². The third kappa shape index (κ3) is 2.51. The van der Waals surface area contributed by atoms with Crippen molar-refractivity contribution in [2.75, 3.05) is 6.61 Å². The molecule has 0 spiro atoms. The quantitative estimate of drug-likeness (QED) is 0.614. The van der Waals surface area contributed by atoms with Crippen LogP contribution >= 0.6 is 0 Å². The molecule has 0 saturated heterocycles. The molecule has 4 heteroatoms. The average Bonchev–Trinajstić information content (AvgIpc) is 2.96. The van der Waals surface area contributed by atoms with E-state index in [1.807, 2.05) is 6.92 Å². The normalized spacial score (nSPS) is 44.6. The summed E-state index contributed by atoms with van der Waals surface area (Å²) in [6.45, 7) is 4.20. The smallest absolute Gasteiger partial charge is 0.305 e. The molecule has 0 bridgehead atoms. The summed E-state index contributed by atoms with van der Waals surface area (Å²) in [6, 6.07) is 0. The van der Waals surface area contributed by atoms with Crippen LogP contribution in [0.1, 0.15) is 71.6 Å². The van der Waals surface area contributed by atoms with Crippen LogP contribution in [0.25, 0.3) is 0 Å². The van der Waals surface area contributed by atoms with Crippen LogP contribution in [-0.2, 0) is 14.3 Å². The van der Waals surface area contributed by atoms with Crippen molar-refractivity contribution in [3.63, 3.8) is 0 Å². The molecule has 0 heterocycles. The molecule has 4 aliphatic carbocycles. The van der Waals surface area contributed by atoms with Crippen LogP contribution in [-0.4, -0.2) is 29.6 Å². The second-order valence-electron chi connectivity index (χ2n) is 9.28. The highest BCUT2D eigenvalue weighted by atomic mass is 16.5. The first kappa shape index (κ1) is 18.2. The number of Topliss-reactive ketones (excluding diaryl/α,β-unsaturated/α-hetero) is 1. The number of aliphatic hydroxyl groups excluding tert-OH is 1. The molecule has 3 fully saturated rings. The highest BCUT2D eigenvalue weighted by molar-refractivity contribution is 5.87. The fourth-order valence-corrected chi connectivity index (χ4v) is 6.86. The van der Waals surface area contributed by atoms with Gasteiger partial charge in [-0.05, 0) is 56.3 Å². The van der Waals surface area contributed by atoms with Crippen molar-refractivity contribution >= 4 is 11.8 Å². The number of hydrogen-bond acceptors (Lipinski definition) is 4. The second-order valence-corrected chi connectivity index (χ2v) is 9.28. The summed E-state index contributed by atoms with van der Waals surface area (Å²) in [4.78, 5) is 24.2. The zero-order valence-corrected chi connectivity index (χ0v) is 16.1. The van der Waals surface area contributed by atoms with Gasteiger partial charge in [0.2, 0.25) is 0 Å². The molecule has 0 unspecified atom stereocenters. The van der Waals surface area contributed by atoms with Gasteiger partial charge in [0.15, 0.2) is 0 Å². The topological polar surface area (TPSA) is 63.6 Å². The van der Waals surface area contributed by atoms with E-state index >= 15 is 0 Å². The van der Waals surface area contributed by atoms with Crippen molar-refractivity contribution in [3.05, 3.63) is 11.6 Å². The van der Waals surface area contributed by atoms with Gasteiger partial charge < -0.3 is 9.84 Å². The minimum absolute atomic E-state index is 0.0353. The van der Waals surface area contributed by atoms with E-state index in [0.29, 0.717) is 30.0 Å². The Hall–Kier alpha value is -1.16. The number of allylic oxidation sites excluding steroid dienone is 1. The summed E-state index contributed by atoms with van der Waals surface area (Å²) < 4.78 is 5.61. The Morgan fingerprint density at radius 1 is 1.27 bits per heavy atom. The monoisotopic (exact) mass is 360 g/mol. The largest absolute Gasteiger partial charge is 0.462 e. The molecule has 144 valence electrons. The number of ketones is 1. The third-order valence-electron chi connectivity index (χ3n) is 8.36. The number of hydrogen-bond donors (Lipinski definition) is 1. The van der Waals surface area contributed by atoms with E-state index in [4.69, 9.17) is 4.74 Å². The van der Waals surface area contributed by atoms with Gasteiger partial charge in [0.25, 0.3) is 0 Å². The summed E-state index contributed by atoms with van der Waals surface area (Å²) in [5.41, 5.74) is 1.04. The van der Waals surface area contributed by atoms with Gasteiger partial charge in [-0.25, -0.2) is 0 Å². The first-order valence-corrected chi connectivity index (χ1v) is 10.5. The van der Waals surface area contributed by atoms with Crippen LogP contribution in [0.3, 0.4) is 0 Å². The van der Waals surface area contributed by atoms with Gasteiger partial charge in [-0.3, -0.25) is 9.59 Å². The van der Waals surface area contributed by atoms with Crippen molar-refractivity contribution in [2.45, 2.75) is 77.7 Å². The molecule has 1 N–H and O–H groups in total. The summed E-state index contributed by atoms with van der Waals surface area (Å²) in [5, 5.41) is 10.5. The SMILES string of the molecule is CCC(=O)O[C@H]1CC[C@@]2(CO)C(=CC[C@@H]3[C@@H]2CC[C@]2(C)C(=O)CC[C@@H]32)C1. The van der Waals surface area contributed by atoms with Crippen molar-refractivity contribution in [2.24, 2.45) is 28.6 Å². The van der Waals surface area contributed by atoms with E-state index in [1.54, 1.807) is 0 Å². The summed E-state index contributed by atoms with van der Waals surface area (Å²) in [5.74, 6) is 1.80. The predicted molar refractivity (Wildman–Crippen MR) is 98.3 cm³/mol. The van der Waals surface area contributed by atoms with Crippen LogP contribution in [0.4, 0.5) is 0 Å². The Labute approximate surface area is 156 Å². The van der Waals surface area contributed by atoms with E-state index < -0.39 is 0 Å². The molecular formula is C22H32O4. The number of fused-ring (bicyclic) bond motifs is 5. The van der Waals surface area contributed by atoms with E-state index in [1.165, 1.54) is 5.57 Å². The maximum Gasteiger partial charge on any atom is 0.305 e. The lowest BCUT2D eigenvalue weighted by Gasteiger charge is -2.57. The number of esters is 1. The first-order chi connectivity index (χ1) is 12.4. The lowest BCUT2D eigenvalue weighted by atomic mass is 9.47. The second kappa shape index (κ2) is 6.47. The van der Waals surface area contributed by atoms with E-state index in [2.05, 4.69) is 13.0 Å². The molecule has 4 rings (SSSR count). The molecule has 0 aromatic rings. The summed E-state index contributed by atoms with van der Waals surface area (Å²) in [6.07, 6.45) is 10.0. The number of carbonyl (C=O) groups is 2. The maximum atomic E-state index is 12.5. The minimum atomic E-state index is -0.148. The van der Waals surface area contributed by atoms with Crippen molar-refractivity contribution in [3.8, 4) is 0 Å². The Morgan fingerprint density at radius 2 is 2.08 bits per heavy atom. The van der Waals surface area contributed by atoms with Gasteiger partial charge in [0.05, 0.1) is 6.61 Å². The van der Waals surface area contributed by atoms with Crippen molar-refractivity contribution < 1.29 is 19.4 Å². The zero-order valence-electron chi connectivity index (χ0n) is 16.1. The third-order valence-corrected chi connectivity index (χ3v) is 8.36. The van der Waals surface area contributed by atoms with E-state index in [-0.39, 0.29) is 29.5 Å². The molecule has 3 saturated carbocycles. The lowest BCUT2D eigenvalue weighted by molar-refractivity contribution is -0.151. The van der Waals surface area contributed by atoms with Crippen LogP contribution in [0.15, 0.2) is 11.6 Å². The minimum Gasteiger partial charge on any atom is -0.462 e. The predicted octanol–water partition coefficient (Wildman–Crippen LogP) is 3.81. The fourth-order valence-electron chi connectivity index (χ4n) is 6.86. The molecule has 26 heavy (non-hydrogen) atoms. The van der Waals surface area contributed by atoms with E-state index in [9.17, 15) is 14.7 Å². The van der Waals surface area contributed by atoms with Gasteiger partial charge in [0, 0.05) is 30.1 Å². The van der Waals surface area contributed by atoms with Crippen LogP contribution < -0.4 is 0 Å². The van der Waals surface area contributed by atoms with Gasteiger partial charge >= 0.3 is 5.97 Å². The average molecular weight is 360 g/mol. The Bertz CT molecular complexity index is 638. The van der Waals surface area contributed by atoms with Crippen LogP contribution in [0.5, 0.6) is 0 Å². The van der Waals surface area contributed by atoms with Crippen LogP contribution in [0, 0.1) is 28.6 Å². The molecular weight excluding hydrogens is 328 g/mol. The first-order valence-electron chi connectivity index (χ1n) is 10.5. The molecule has 0 aromatic heterocycles. The lowest BCUT2D eigenvalue weighted by Crippen LogP contribution is -2.53. The van der Waals surface area contributed by atoms with Crippen molar-refractivity contribution in [1.82, 2.24) is 0 Å². The summed E-state index contributed by atoms with van der Waals surface area (Å²) >= 11 is 0. The summed E-state index contributed by atoms with van der Waals surface area (Å²) in [7, 11) is 0. The molecule has 0 amide bonds. The van der Waals surface area contributed by atoms with Crippen molar-refractivity contribution in [1.29, 1.82) is 0 Å². The maximum absolute atomic E-state index is 12.5. The molecule has 4 nitrogen and oxygen atoms in total. The van der Waals surface area contributed by atoms with Gasteiger partial charge in [-0.1, -0.05) is 25.5 Å². The highest BCUT2D eigenvalue weighted by Crippen LogP contribution is 2.64. The van der Waals surface area contributed by atoms with Crippen LogP contribution in [0.2, 0.25) is 0 Å². The molecule has 0 aliphatic heterocycles. The number of aliphatic hydroxyl groups is 1. The number of rotatable bonds is 3. The van der Waals surface area contributed by atoms with E-state index in [0.717, 1.165) is 51.4 Å². The fraction of sp³-hybridized carbons (Fsp3) is 0.818. The Kier molecular flexibility index (Phi) is 4.53. The highest BCUT2D eigenvalue weighted by Gasteiger charge is 2.59. The Morgan fingerprint density at radius 3 is 2.81 bits per heavy atom. The molecule has 0 radical (unpaired) electrons. The van der Waals surface area contributed by atoms with Gasteiger partial charge in [-0.2, -0.15) is 0 Å². The molecule has 0 aromatic carbocycles.